The molecule has 1 aliphatic rings. The Morgan fingerprint density at radius 3 is 2.76 bits per heavy atom. The molecule has 112 valence electrons. The Morgan fingerprint density at radius 2 is 2.05 bits per heavy atom. The quantitative estimate of drug-likeness (QED) is 0.939. The first-order valence-electron chi connectivity index (χ1n) is 7.71. The van der Waals surface area contributed by atoms with Crippen LogP contribution in [-0.4, -0.2) is 26.3 Å². The summed E-state index contributed by atoms with van der Waals surface area (Å²) >= 11 is 0. The third kappa shape index (κ3) is 2.95. The molecule has 1 unspecified atom stereocenters. The van der Waals surface area contributed by atoms with Crippen LogP contribution in [0.2, 0.25) is 0 Å². The lowest BCUT2D eigenvalue weighted by atomic mass is 10.0. The normalized spacial score (nSPS) is 19.2. The summed E-state index contributed by atoms with van der Waals surface area (Å²) in [6.07, 6.45) is 5.54. The van der Waals surface area contributed by atoms with Crippen LogP contribution in [0.5, 0.6) is 5.75 Å². The summed E-state index contributed by atoms with van der Waals surface area (Å²) < 4.78 is 1.92. The molecule has 1 aromatic heterocycles. The highest BCUT2D eigenvalue weighted by atomic mass is 16.3. The van der Waals surface area contributed by atoms with Gasteiger partial charge in [0.1, 0.15) is 5.75 Å². The predicted octanol–water partition coefficient (Wildman–Crippen LogP) is 3.03. The molecule has 3 rings (SSSR count). The van der Waals surface area contributed by atoms with Gasteiger partial charge in [-0.2, -0.15) is 5.10 Å². The summed E-state index contributed by atoms with van der Waals surface area (Å²) in [6.45, 7) is 4.25. The second kappa shape index (κ2) is 5.90. The molecule has 0 spiro atoms. The van der Waals surface area contributed by atoms with Gasteiger partial charge in [0.05, 0.1) is 5.69 Å². The lowest BCUT2D eigenvalue weighted by molar-refractivity contribution is 0.247. The van der Waals surface area contributed by atoms with Gasteiger partial charge in [-0.3, -0.25) is 9.58 Å². The van der Waals surface area contributed by atoms with E-state index in [0.29, 0.717) is 11.8 Å². The first-order chi connectivity index (χ1) is 10.2. The van der Waals surface area contributed by atoms with Crippen molar-refractivity contribution in [3.05, 3.63) is 47.3 Å². The molecule has 4 nitrogen and oxygen atoms in total. The minimum atomic E-state index is 0.337. The summed E-state index contributed by atoms with van der Waals surface area (Å²) in [5, 5.41) is 14.0. The zero-order valence-corrected chi connectivity index (χ0v) is 12.8. The van der Waals surface area contributed by atoms with Crippen LogP contribution in [0.4, 0.5) is 0 Å². The number of phenolic OH excluding ortho intramolecular Hbond substituents is 1. The van der Waals surface area contributed by atoms with E-state index in [-0.39, 0.29) is 0 Å². The molecule has 0 saturated carbocycles. The van der Waals surface area contributed by atoms with Crippen molar-refractivity contribution in [2.24, 2.45) is 7.05 Å². The fourth-order valence-electron chi connectivity index (χ4n) is 3.32. The summed E-state index contributed by atoms with van der Waals surface area (Å²) in [6, 6.07) is 8.11. The Labute approximate surface area is 126 Å². The number of likely N-dealkylation sites (tertiary alicyclic amines) is 1. The Balaban J connectivity index is 1.79. The largest absolute Gasteiger partial charge is 0.508 e. The Bertz CT molecular complexity index is 603. The van der Waals surface area contributed by atoms with Crippen LogP contribution in [0, 0.1) is 0 Å². The second-order valence-corrected chi connectivity index (χ2v) is 5.85. The van der Waals surface area contributed by atoms with Crippen LogP contribution in [-0.2, 0) is 20.0 Å². The fourth-order valence-corrected chi connectivity index (χ4v) is 3.32. The van der Waals surface area contributed by atoms with E-state index in [9.17, 15) is 5.11 Å². The Hall–Kier alpha value is -1.81. The monoisotopic (exact) mass is 285 g/mol. The molecule has 2 aromatic rings. The van der Waals surface area contributed by atoms with Crippen LogP contribution < -0.4 is 0 Å². The summed E-state index contributed by atoms with van der Waals surface area (Å²) in [5.74, 6) is 0.337. The van der Waals surface area contributed by atoms with E-state index in [0.717, 1.165) is 19.5 Å². The molecule has 1 fully saturated rings. The van der Waals surface area contributed by atoms with E-state index >= 15 is 0 Å². The van der Waals surface area contributed by atoms with Gasteiger partial charge in [0.2, 0.25) is 0 Å². The van der Waals surface area contributed by atoms with Gasteiger partial charge in [-0.05, 0) is 43.5 Å². The number of aromatic hydroxyl groups is 1. The van der Waals surface area contributed by atoms with Gasteiger partial charge in [0, 0.05) is 31.4 Å². The molecule has 0 bridgehead atoms. The maximum atomic E-state index is 9.45. The second-order valence-electron chi connectivity index (χ2n) is 5.85. The van der Waals surface area contributed by atoms with Crippen molar-refractivity contribution in [2.75, 3.05) is 6.54 Å². The lowest BCUT2D eigenvalue weighted by Crippen LogP contribution is -2.23. The van der Waals surface area contributed by atoms with Gasteiger partial charge >= 0.3 is 0 Å². The molecule has 2 heterocycles. The first-order valence-corrected chi connectivity index (χ1v) is 7.71. The van der Waals surface area contributed by atoms with Crippen molar-refractivity contribution in [2.45, 2.75) is 38.8 Å². The Morgan fingerprint density at radius 1 is 1.29 bits per heavy atom. The fraction of sp³-hybridized carbons (Fsp3) is 0.471. The molecule has 0 amide bonds. The van der Waals surface area contributed by atoms with Gasteiger partial charge in [-0.15, -0.1) is 0 Å². The summed E-state index contributed by atoms with van der Waals surface area (Å²) in [7, 11) is 1.99. The average Bonchev–Trinajstić information content (AvgIpc) is 3.07. The number of phenols is 1. The van der Waals surface area contributed by atoms with E-state index in [4.69, 9.17) is 0 Å². The number of hydrogen-bond acceptors (Lipinski definition) is 3. The van der Waals surface area contributed by atoms with E-state index in [1.165, 1.54) is 29.7 Å². The number of aromatic nitrogens is 2. The van der Waals surface area contributed by atoms with Gasteiger partial charge in [-0.25, -0.2) is 0 Å². The molecule has 1 N–H and O–H groups in total. The summed E-state index contributed by atoms with van der Waals surface area (Å²) in [5.41, 5.74) is 3.84. The molecular formula is C17H23N3O. The van der Waals surface area contributed by atoms with Crippen LogP contribution in [0.25, 0.3) is 0 Å². The van der Waals surface area contributed by atoms with Crippen molar-refractivity contribution >= 4 is 0 Å². The SMILES string of the molecule is CCc1nn(C)cc1CN1CCCC1c1ccc(O)cc1. The number of nitrogens with zero attached hydrogens (tertiary/aromatic N) is 3. The molecule has 0 radical (unpaired) electrons. The number of rotatable bonds is 4. The van der Waals surface area contributed by atoms with Gasteiger partial charge in [0.25, 0.3) is 0 Å². The van der Waals surface area contributed by atoms with Gasteiger partial charge in [0.15, 0.2) is 0 Å². The Kier molecular flexibility index (Phi) is 3.97. The van der Waals surface area contributed by atoms with Crippen molar-refractivity contribution < 1.29 is 5.11 Å². The minimum Gasteiger partial charge on any atom is -0.508 e. The van der Waals surface area contributed by atoms with E-state index in [1.54, 1.807) is 12.1 Å². The smallest absolute Gasteiger partial charge is 0.115 e. The minimum absolute atomic E-state index is 0.337. The molecule has 1 aromatic carbocycles. The zero-order chi connectivity index (χ0) is 14.8. The average molecular weight is 285 g/mol. The third-order valence-electron chi connectivity index (χ3n) is 4.34. The van der Waals surface area contributed by atoms with Gasteiger partial charge < -0.3 is 5.11 Å². The van der Waals surface area contributed by atoms with Crippen molar-refractivity contribution in [1.29, 1.82) is 0 Å². The maximum absolute atomic E-state index is 9.45. The van der Waals surface area contributed by atoms with E-state index < -0.39 is 0 Å². The molecule has 1 atom stereocenters. The standard InChI is InChI=1S/C17H23N3O/c1-3-16-14(11-19(2)18-16)12-20-10-4-5-17(20)13-6-8-15(21)9-7-13/h6-9,11,17,21H,3-5,10,12H2,1-2H3. The molecule has 4 heteroatoms. The third-order valence-corrected chi connectivity index (χ3v) is 4.34. The van der Waals surface area contributed by atoms with Crippen LogP contribution in [0.15, 0.2) is 30.5 Å². The maximum Gasteiger partial charge on any atom is 0.115 e. The number of benzene rings is 1. The van der Waals surface area contributed by atoms with Crippen molar-refractivity contribution in [3.8, 4) is 5.75 Å². The lowest BCUT2D eigenvalue weighted by Gasteiger charge is -2.24. The highest BCUT2D eigenvalue weighted by Crippen LogP contribution is 2.34. The molecular weight excluding hydrogens is 262 g/mol. The van der Waals surface area contributed by atoms with Crippen LogP contribution in [0.1, 0.15) is 42.6 Å². The number of hydrogen-bond donors (Lipinski definition) is 1. The molecule has 0 aliphatic carbocycles. The summed E-state index contributed by atoms with van der Waals surface area (Å²) in [4.78, 5) is 2.53. The highest BCUT2D eigenvalue weighted by molar-refractivity contribution is 5.29. The van der Waals surface area contributed by atoms with E-state index in [2.05, 4.69) is 23.1 Å². The first kappa shape index (κ1) is 14.1. The van der Waals surface area contributed by atoms with E-state index in [1.807, 2.05) is 23.9 Å². The molecule has 21 heavy (non-hydrogen) atoms. The van der Waals surface area contributed by atoms with Gasteiger partial charge in [-0.1, -0.05) is 19.1 Å². The topological polar surface area (TPSA) is 41.3 Å². The molecule has 1 aliphatic heterocycles. The zero-order valence-electron chi connectivity index (χ0n) is 12.8. The van der Waals surface area contributed by atoms with Crippen molar-refractivity contribution in [3.63, 3.8) is 0 Å². The number of aryl methyl sites for hydroxylation is 2. The van der Waals surface area contributed by atoms with Crippen molar-refractivity contribution in [1.82, 2.24) is 14.7 Å². The highest BCUT2D eigenvalue weighted by Gasteiger charge is 2.26. The van der Waals surface area contributed by atoms with Crippen LogP contribution in [0.3, 0.4) is 0 Å². The van der Waals surface area contributed by atoms with Crippen LogP contribution >= 0.6 is 0 Å². The molecule has 1 saturated heterocycles. The predicted molar refractivity (Wildman–Crippen MR) is 83.1 cm³/mol.